The molecule has 0 saturated heterocycles. The van der Waals surface area contributed by atoms with E-state index in [0.717, 1.165) is 12.0 Å². The van der Waals surface area contributed by atoms with Crippen molar-refractivity contribution in [1.29, 1.82) is 0 Å². The first-order chi connectivity index (χ1) is 7.15. The van der Waals surface area contributed by atoms with E-state index in [1.54, 1.807) is 13.0 Å². The molecule has 0 aliphatic rings. The molecule has 0 aromatic carbocycles. The largest absolute Gasteiger partial charge is 0.475 e. The van der Waals surface area contributed by atoms with Crippen LogP contribution in [0.25, 0.3) is 0 Å². The Morgan fingerprint density at radius 3 is 3.00 bits per heavy atom. The molecule has 82 valence electrons. The summed E-state index contributed by atoms with van der Waals surface area (Å²) in [5.74, 6) is -0.517. The molecule has 0 fully saturated rings. The van der Waals surface area contributed by atoms with Gasteiger partial charge in [0, 0.05) is 5.56 Å². The van der Waals surface area contributed by atoms with Crippen molar-refractivity contribution >= 4 is 5.97 Å². The number of carboxylic acid groups (broad SMARTS) is 1. The van der Waals surface area contributed by atoms with E-state index in [-0.39, 0.29) is 5.76 Å². The third-order valence-corrected chi connectivity index (χ3v) is 1.96. The number of carboxylic acids is 1. The molecule has 15 heavy (non-hydrogen) atoms. The van der Waals surface area contributed by atoms with E-state index in [4.69, 9.17) is 14.3 Å². The Hall–Kier alpha value is -1.55. The molecule has 0 radical (unpaired) electrons. The molecular weight excluding hydrogens is 196 g/mol. The molecule has 0 unspecified atom stereocenters. The Labute approximate surface area is 88.2 Å². The molecule has 1 rings (SSSR count). The van der Waals surface area contributed by atoms with Gasteiger partial charge < -0.3 is 14.3 Å². The number of aryl methyl sites for hydroxylation is 1. The van der Waals surface area contributed by atoms with Crippen LogP contribution in [-0.2, 0) is 11.3 Å². The van der Waals surface area contributed by atoms with E-state index < -0.39 is 5.97 Å². The lowest BCUT2D eigenvalue weighted by atomic mass is 10.2. The first-order valence-corrected chi connectivity index (χ1v) is 4.66. The van der Waals surface area contributed by atoms with Gasteiger partial charge in [0.2, 0.25) is 5.76 Å². The zero-order chi connectivity index (χ0) is 11.3. The van der Waals surface area contributed by atoms with Crippen LogP contribution in [0.15, 0.2) is 23.1 Å². The topological polar surface area (TPSA) is 59.7 Å². The Morgan fingerprint density at radius 2 is 2.47 bits per heavy atom. The maximum absolute atomic E-state index is 10.6. The number of rotatable bonds is 6. The highest BCUT2D eigenvalue weighted by molar-refractivity contribution is 5.84. The zero-order valence-corrected chi connectivity index (χ0v) is 8.66. The van der Waals surface area contributed by atoms with Crippen LogP contribution in [-0.4, -0.2) is 17.7 Å². The van der Waals surface area contributed by atoms with Gasteiger partial charge >= 0.3 is 5.97 Å². The van der Waals surface area contributed by atoms with Gasteiger partial charge in [-0.1, -0.05) is 6.08 Å². The SMILES string of the molecule is C=CCCOCc1cc(C(=O)O)oc1C. The van der Waals surface area contributed by atoms with Gasteiger partial charge in [0.15, 0.2) is 0 Å². The molecule has 0 aliphatic heterocycles. The third kappa shape index (κ3) is 3.25. The second kappa shape index (κ2) is 5.36. The van der Waals surface area contributed by atoms with Gasteiger partial charge in [-0.15, -0.1) is 6.58 Å². The lowest BCUT2D eigenvalue weighted by molar-refractivity contribution is 0.0661. The highest BCUT2D eigenvalue weighted by Crippen LogP contribution is 2.15. The van der Waals surface area contributed by atoms with Crippen LogP contribution in [0.4, 0.5) is 0 Å². The van der Waals surface area contributed by atoms with Crippen molar-refractivity contribution in [3.8, 4) is 0 Å². The predicted molar refractivity (Wildman–Crippen MR) is 54.9 cm³/mol. The molecule has 1 N–H and O–H groups in total. The smallest absolute Gasteiger partial charge is 0.371 e. The molecule has 0 amide bonds. The highest BCUT2D eigenvalue weighted by atomic mass is 16.5. The summed E-state index contributed by atoms with van der Waals surface area (Å²) < 4.78 is 10.3. The second-order valence-corrected chi connectivity index (χ2v) is 3.13. The maximum atomic E-state index is 10.6. The average Bonchev–Trinajstić information content (AvgIpc) is 2.55. The van der Waals surface area contributed by atoms with Crippen molar-refractivity contribution in [3.63, 3.8) is 0 Å². The maximum Gasteiger partial charge on any atom is 0.371 e. The molecule has 0 atom stereocenters. The van der Waals surface area contributed by atoms with Crippen LogP contribution in [0.3, 0.4) is 0 Å². The molecule has 1 aromatic heterocycles. The van der Waals surface area contributed by atoms with Crippen LogP contribution in [0.1, 0.15) is 28.3 Å². The van der Waals surface area contributed by atoms with E-state index in [0.29, 0.717) is 19.0 Å². The first kappa shape index (κ1) is 11.5. The standard InChI is InChI=1S/C11H14O4/c1-3-4-5-14-7-9-6-10(11(12)13)15-8(9)2/h3,6H,1,4-5,7H2,2H3,(H,12,13). The van der Waals surface area contributed by atoms with Gasteiger partial charge in [-0.3, -0.25) is 0 Å². The van der Waals surface area contributed by atoms with Crippen molar-refractivity contribution in [1.82, 2.24) is 0 Å². The summed E-state index contributed by atoms with van der Waals surface area (Å²) in [4.78, 5) is 10.6. The van der Waals surface area contributed by atoms with Crippen molar-refractivity contribution in [3.05, 3.63) is 35.8 Å². The summed E-state index contributed by atoms with van der Waals surface area (Å²) in [5.41, 5.74) is 0.775. The summed E-state index contributed by atoms with van der Waals surface area (Å²) >= 11 is 0. The minimum absolute atomic E-state index is 0.0465. The highest BCUT2D eigenvalue weighted by Gasteiger charge is 2.12. The van der Waals surface area contributed by atoms with Crippen molar-refractivity contribution in [2.24, 2.45) is 0 Å². The third-order valence-electron chi connectivity index (χ3n) is 1.96. The van der Waals surface area contributed by atoms with E-state index >= 15 is 0 Å². The number of furan rings is 1. The molecule has 4 nitrogen and oxygen atoms in total. The normalized spacial score (nSPS) is 10.2. The van der Waals surface area contributed by atoms with Crippen LogP contribution < -0.4 is 0 Å². The van der Waals surface area contributed by atoms with Crippen LogP contribution >= 0.6 is 0 Å². The fourth-order valence-electron chi connectivity index (χ4n) is 1.12. The number of aromatic carboxylic acids is 1. The Bertz CT molecular complexity index is 351. The first-order valence-electron chi connectivity index (χ1n) is 4.66. The summed E-state index contributed by atoms with van der Waals surface area (Å²) in [5, 5.41) is 8.68. The van der Waals surface area contributed by atoms with Crippen LogP contribution in [0.2, 0.25) is 0 Å². The summed E-state index contributed by atoms with van der Waals surface area (Å²) in [6.07, 6.45) is 2.55. The molecule has 0 aliphatic carbocycles. The predicted octanol–water partition coefficient (Wildman–Crippen LogP) is 2.38. The second-order valence-electron chi connectivity index (χ2n) is 3.13. The van der Waals surface area contributed by atoms with E-state index in [9.17, 15) is 4.79 Å². The minimum atomic E-state index is -1.06. The molecule has 1 aromatic rings. The van der Waals surface area contributed by atoms with Crippen molar-refractivity contribution in [2.45, 2.75) is 20.0 Å². The monoisotopic (exact) mass is 210 g/mol. The number of hydrogen-bond donors (Lipinski definition) is 1. The number of carbonyl (C=O) groups is 1. The summed E-state index contributed by atoms with van der Waals surface area (Å²) in [7, 11) is 0. The van der Waals surface area contributed by atoms with Gasteiger partial charge in [-0.25, -0.2) is 4.79 Å². The molecule has 4 heteroatoms. The molecular formula is C11H14O4. The van der Waals surface area contributed by atoms with Crippen molar-refractivity contribution < 1.29 is 19.1 Å². The van der Waals surface area contributed by atoms with Gasteiger partial charge in [-0.05, 0) is 19.4 Å². The Balaban J connectivity index is 2.53. The van der Waals surface area contributed by atoms with E-state index in [1.165, 1.54) is 6.07 Å². The Kier molecular flexibility index (Phi) is 4.12. The van der Waals surface area contributed by atoms with Crippen molar-refractivity contribution in [2.75, 3.05) is 6.61 Å². The van der Waals surface area contributed by atoms with Crippen LogP contribution in [0.5, 0.6) is 0 Å². The number of ether oxygens (including phenoxy) is 1. The fourth-order valence-corrected chi connectivity index (χ4v) is 1.12. The Morgan fingerprint density at radius 1 is 1.73 bits per heavy atom. The molecule has 0 saturated carbocycles. The minimum Gasteiger partial charge on any atom is -0.475 e. The van der Waals surface area contributed by atoms with Crippen LogP contribution in [0, 0.1) is 6.92 Å². The number of hydrogen-bond acceptors (Lipinski definition) is 3. The fraction of sp³-hybridized carbons (Fsp3) is 0.364. The lowest BCUT2D eigenvalue weighted by Crippen LogP contribution is -1.95. The summed E-state index contributed by atoms with van der Waals surface area (Å²) in [6.45, 7) is 6.25. The average molecular weight is 210 g/mol. The van der Waals surface area contributed by atoms with E-state index in [2.05, 4.69) is 6.58 Å². The van der Waals surface area contributed by atoms with Gasteiger partial charge in [0.25, 0.3) is 0 Å². The molecule has 0 bridgehead atoms. The van der Waals surface area contributed by atoms with Gasteiger partial charge in [0.05, 0.1) is 13.2 Å². The van der Waals surface area contributed by atoms with Gasteiger partial charge in [-0.2, -0.15) is 0 Å². The van der Waals surface area contributed by atoms with Gasteiger partial charge in [0.1, 0.15) is 5.76 Å². The van der Waals surface area contributed by atoms with E-state index in [1.807, 2.05) is 0 Å². The summed E-state index contributed by atoms with van der Waals surface area (Å²) in [6, 6.07) is 1.49. The lowest BCUT2D eigenvalue weighted by Gasteiger charge is -1.99. The molecule has 0 spiro atoms. The molecule has 1 heterocycles. The quantitative estimate of drug-likeness (QED) is 0.578. The zero-order valence-electron chi connectivity index (χ0n) is 8.66.